The summed E-state index contributed by atoms with van der Waals surface area (Å²) < 4.78 is 0. The normalized spacial score (nSPS) is 19.6. The third-order valence-electron chi connectivity index (χ3n) is 3.48. The zero-order valence-electron chi connectivity index (χ0n) is 11.8. The largest absolute Gasteiger partial charge is 0.382 e. The van der Waals surface area contributed by atoms with Crippen molar-refractivity contribution >= 4 is 11.6 Å². The Morgan fingerprint density at radius 2 is 1.95 bits per heavy atom. The number of nitrogens with one attached hydrogen (secondary N) is 2. The first-order chi connectivity index (χ1) is 9.16. The second kappa shape index (κ2) is 6.57. The van der Waals surface area contributed by atoms with Gasteiger partial charge in [0, 0.05) is 31.4 Å². The van der Waals surface area contributed by atoms with Crippen molar-refractivity contribution < 1.29 is 4.79 Å². The molecule has 2 N–H and O–H groups in total. The molecular formula is C15H23N3O. The summed E-state index contributed by atoms with van der Waals surface area (Å²) in [4.78, 5) is 13.4. The van der Waals surface area contributed by atoms with E-state index in [2.05, 4.69) is 10.6 Å². The van der Waals surface area contributed by atoms with Gasteiger partial charge in [-0.1, -0.05) is 0 Å². The van der Waals surface area contributed by atoms with Crippen molar-refractivity contribution in [3.63, 3.8) is 0 Å². The molecule has 2 rings (SSSR count). The highest BCUT2D eigenvalue weighted by molar-refractivity contribution is 5.94. The molecule has 1 unspecified atom stereocenters. The van der Waals surface area contributed by atoms with Gasteiger partial charge in [-0.25, -0.2) is 0 Å². The number of rotatable bonds is 3. The van der Waals surface area contributed by atoms with E-state index in [-0.39, 0.29) is 5.91 Å². The fraction of sp³-hybridized carbons (Fsp3) is 0.533. The lowest BCUT2D eigenvalue weighted by atomic mass is 10.1. The summed E-state index contributed by atoms with van der Waals surface area (Å²) in [5, 5.41) is 6.96. The smallest absolute Gasteiger partial charge is 0.253 e. The van der Waals surface area contributed by atoms with Crippen molar-refractivity contribution in [3.05, 3.63) is 29.8 Å². The molecule has 1 heterocycles. The van der Waals surface area contributed by atoms with Gasteiger partial charge in [-0.05, 0) is 56.6 Å². The minimum Gasteiger partial charge on any atom is -0.382 e. The summed E-state index contributed by atoms with van der Waals surface area (Å²) in [5.74, 6) is 0.0465. The Hall–Kier alpha value is -1.55. The number of hydrogen-bond acceptors (Lipinski definition) is 3. The van der Waals surface area contributed by atoms with E-state index in [1.54, 1.807) is 19.0 Å². The van der Waals surface area contributed by atoms with E-state index in [0.29, 0.717) is 6.04 Å². The van der Waals surface area contributed by atoms with E-state index in [4.69, 9.17) is 0 Å². The van der Waals surface area contributed by atoms with Gasteiger partial charge in [0.1, 0.15) is 0 Å². The van der Waals surface area contributed by atoms with Crippen molar-refractivity contribution in [3.8, 4) is 0 Å². The highest BCUT2D eigenvalue weighted by Crippen LogP contribution is 2.15. The van der Waals surface area contributed by atoms with Gasteiger partial charge in [0.2, 0.25) is 0 Å². The summed E-state index contributed by atoms with van der Waals surface area (Å²) in [6.07, 6.45) is 3.57. The standard InChI is InChI=1S/C15H23N3O/c1-18(2)15(19)12-5-7-14(8-6-12)17-13-4-3-10-16-11-9-13/h5-8,13,16-17H,3-4,9-11H2,1-2H3. The second-order valence-electron chi connectivity index (χ2n) is 5.30. The molecule has 0 radical (unpaired) electrons. The number of amides is 1. The molecule has 1 aromatic carbocycles. The number of anilines is 1. The number of nitrogens with zero attached hydrogens (tertiary/aromatic N) is 1. The van der Waals surface area contributed by atoms with Gasteiger partial charge in [-0.2, -0.15) is 0 Å². The average Bonchev–Trinajstić information content (AvgIpc) is 2.67. The lowest BCUT2D eigenvalue weighted by molar-refractivity contribution is 0.0827. The van der Waals surface area contributed by atoms with Crippen molar-refractivity contribution in [2.75, 3.05) is 32.5 Å². The maximum Gasteiger partial charge on any atom is 0.253 e. The van der Waals surface area contributed by atoms with E-state index in [1.165, 1.54) is 12.8 Å². The molecule has 104 valence electrons. The SMILES string of the molecule is CN(C)C(=O)c1ccc(NC2CCCNCC2)cc1. The average molecular weight is 261 g/mol. The van der Waals surface area contributed by atoms with E-state index in [0.717, 1.165) is 30.8 Å². The third-order valence-corrected chi connectivity index (χ3v) is 3.48. The molecule has 1 aliphatic rings. The molecule has 4 heteroatoms. The van der Waals surface area contributed by atoms with Gasteiger partial charge in [0.25, 0.3) is 5.91 Å². The number of hydrogen-bond donors (Lipinski definition) is 2. The maximum absolute atomic E-state index is 11.8. The fourth-order valence-electron chi connectivity index (χ4n) is 2.37. The molecule has 4 nitrogen and oxygen atoms in total. The molecule has 0 bridgehead atoms. The van der Waals surface area contributed by atoms with Crippen LogP contribution >= 0.6 is 0 Å². The Morgan fingerprint density at radius 1 is 1.21 bits per heavy atom. The zero-order chi connectivity index (χ0) is 13.7. The van der Waals surface area contributed by atoms with Crippen LogP contribution in [0.25, 0.3) is 0 Å². The van der Waals surface area contributed by atoms with Crippen molar-refractivity contribution in [2.45, 2.75) is 25.3 Å². The molecule has 1 amide bonds. The van der Waals surface area contributed by atoms with Crippen LogP contribution in [0.2, 0.25) is 0 Å². The van der Waals surface area contributed by atoms with Gasteiger partial charge in [0.15, 0.2) is 0 Å². The highest BCUT2D eigenvalue weighted by Gasteiger charge is 2.12. The minimum absolute atomic E-state index is 0.0465. The van der Waals surface area contributed by atoms with Gasteiger partial charge < -0.3 is 15.5 Å². The molecule has 1 fully saturated rings. The third kappa shape index (κ3) is 3.96. The van der Waals surface area contributed by atoms with Crippen LogP contribution in [-0.2, 0) is 0 Å². The van der Waals surface area contributed by atoms with Crippen molar-refractivity contribution in [1.82, 2.24) is 10.2 Å². The van der Waals surface area contributed by atoms with Crippen LogP contribution in [0, 0.1) is 0 Å². The molecule has 1 atom stereocenters. The molecule has 0 saturated carbocycles. The lowest BCUT2D eigenvalue weighted by Crippen LogP contribution is -2.22. The first-order valence-corrected chi connectivity index (χ1v) is 6.96. The Bertz CT molecular complexity index is 406. The summed E-state index contributed by atoms with van der Waals surface area (Å²) >= 11 is 0. The molecule has 1 aliphatic heterocycles. The summed E-state index contributed by atoms with van der Waals surface area (Å²) in [7, 11) is 3.54. The molecule has 0 aliphatic carbocycles. The monoisotopic (exact) mass is 261 g/mol. The van der Waals surface area contributed by atoms with Crippen LogP contribution in [0.5, 0.6) is 0 Å². The Morgan fingerprint density at radius 3 is 2.63 bits per heavy atom. The van der Waals surface area contributed by atoms with Gasteiger partial charge in [0.05, 0.1) is 0 Å². The van der Waals surface area contributed by atoms with Crippen molar-refractivity contribution in [2.24, 2.45) is 0 Å². The van der Waals surface area contributed by atoms with Crippen LogP contribution in [0.3, 0.4) is 0 Å². The van der Waals surface area contributed by atoms with E-state index in [1.807, 2.05) is 24.3 Å². The predicted molar refractivity (Wildman–Crippen MR) is 78.6 cm³/mol. The van der Waals surface area contributed by atoms with Crippen LogP contribution in [-0.4, -0.2) is 44.0 Å². The minimum atomic E-state index is 0.0465. The van der Waals surface area contributed by atoms with Crippen LogP contribution in [0.1, 0.15) is 29.6 Å². The van der Waals surface area contributed by atoms with Gasteiger partial charge in [-0.15, -0.1) is 0 Å². The first-order valence-electron chi connectivity index (χ1n) is 6.96. The van der Waals surface area contributed by atoms with E-state index >= 15 is 0 Å². The fourth-order valence-corrected chi connectivity index (χ4v) is 2.37. The van der Waals surface area contributed by atoms with E-state index in [9.17, 15) is 4.79 Å². The quantitative estimate of drug-likeness (QED) is 0.874. The highest BCUT2D eigenvalue weighted by atomic mass is 16.2. The molecule has 19 heavy (non-hydrogen) atoms. The number of carbonyl (C=O) groups excluding carboxylic acids is 1. The first kappa shape index (κ1) is 13.9. The predicted octanol–water partition coefficient (Wildman–Crippen LogP) is 1.94. The molecular weight excluding hydrogens is 238 g/mol. The van der Waals surface area contributed by atoms with Crippen molar-refractivity contribution in [1.29, 1.82) is 0 Å². The summed E-state index contributed by atoms with van der Waals surface area (Å²) in [6.45, 7) is 2.20. The maximum atomic E-state index is 11.8. The molecule has 1 saturated heterocycles. The Kier molecular flexibility index (Phi) is 4.80. The van der Waals surface area contributed by atoms with Crippen LogP contribution in [0.15, 0.2) is 24.3 Å². The van der Waals surface area contributed by atoms with E-state index < -0.39 is 0 Å². The van der Waals surface area contributed by atoms with Gasteiger partial charge in [-0.3, -0.25) is 4.79 Å². The lowest BCUT2D eigenvalue weighted by Gasteiger charge is -2.18. The summed E-state index contributed by atoms with van der Waals surface area (Å²) in [5.41, 5.74) is 1.83. The second-order valence-corrected chi connectivity index (χ2v) is 5.30. The zero-order valence-corrected chi connectivity index (χ0v) is 11.8. The summed E-state index contributed by atoms with van der Waals surface area (Å²) in [6, 6.07) is 8.30. The number of benzene rings is 1. The van der Waals surface area contributed by atoms with Gasteiger partial charge >= 0.3 is 0 Å². The molecule has 1 aromatic rings. The Labute approximate surface area is 115 Å². The topological polar surface area (TPSA) is 44.4 Å². The van der Waals surface area contributed by atoms with Crippen LogP contribution < -0.4 is 10.6 Å². The number of carbonyl (C=O) groups is 1. The van der Waals surface area contributed by atoms with Crippen LogP contribution in [0.4, 0.5) is 5.69 Å². The molecule has 0 aromatic heterocycles. The molecule has 0 spiro atoms. The Balaban J connectivity index is 1.96.